The number of hydrogen-bond donors (Lipinski definition) is 1. The van der Waals surface area contributed by atoms with E-state index in [1.165, 1.54) is 23.1 Å². The molecule has 1 N–H and O–H groups in total. The Kier molecular flexibility index (Phi) is 6.53. The fraction of sp³-hybridized carbons (Fsp3) is 0.167. The van der Waals surface area contributed by atoms with E-state index in [1.54, 1.807) is 18.2 Å². The fourth-order valence-corrected chi connectivity index (χ4v) is 4.53. The molecule has 8 heteroatoms. The molecular formula is C18H15Cl2N3OS2. The number of carbonyl (C=O) groups excluding carboxylic acids is 1. The number of halogens is 2. The maximum absolute atomic E-state index is 12.6. The van der Waals surface area contributed by atoms with Crippen molar-refractivity contribution in [3.05, 3.63) is 58.6 Å². The lowest BCUT2D eigenvalue weighted by molar-refractivity contribution is -0.115. The highest BCUT2D eigenvalue weighted by molar-refractivity contribution is 8.00. The van der Waals surface area contributed by atoms with E-state index in [4.69, 9.17) is 23.2 Å². The number of thioether (sulfide) groups is 1. The zero-order chi connectivity index (χ0) is 18.5. The summed E-state index contributed by atoms with van der Waals surface area (Å²) in [6.07, 6.45) is 0.708. The van der Waals surface area contributed by atoms with Gasteiger partial charge in [0.05, 0.1) is 10.3 Å². The monoisotopic (exact) mass is 423 g/mol. The molecular weight excluding hydrogens is 409 g/mol. The third-order valence-electron chi connectivity index (χ3n) is 3.50. The van der Waals surface area contributed by atoms with Crippen molar-refractivity contribution in [3.8, 4) is 10.6 Å². The number of rotatable bonds is 6. The molecule has 0 aliphatic carbocycles. The number of anilines is 1. The topological polar surface area (TPSA) is 54.9 Å². The van der Waals surface area contributed by atoms with Gasteiger partial charge in [0.2, 0.25) is 11.0 Å². The van der Waals surface area contributed by atoms with Gasteiger partial charge in [-0.15, -0.1) is 22.0 Å². The van der Waals surface area contributed by atoms with Crippen molar-refractivity contribution in [2.45, 2.75) is 23.5 Å². The van der Waals surface area contributed by atoms with E-state index in [1.807, 2.05) is 37.3 Å². The number of hydrogen-bond acceptors (Lipinski definition) is 5. The summed E-state index contributed by atoms with van der Waals surface area (Å²) in [4.78, 5) is 13.6. The van der Waals surface area contributed by atoms with Gasteiger partial charge < -0.3 is 0 Å². The molecule has 0 saturated carbocycles. The second-order valence-corrected chi connectivity index (χ2v) is 8.45. The number of benzene rings is 2. The second kappa shape index (κ2) is 8.86. The lowest BCUT2D eigenvalue weighted by Crippen LogP contribution is -2.24. The highest BCUT2D eigenvalue weighted by Gasteiger charge is 2.20. The Hall–Kier alpha value is -1.60. The van der Waals surface area contributed by atoms with Gasteiger partial charge in [-0.3, -0.25) is 10.1 Å². The van der Waals surface area contributed by atoms with Crippen LogP contribution in [0.4, 0.5) is 5.13 Å². The van der Waals surface area contributed by atoms with Crippen molar-refractivity contribution in [1.29, 1.82) is 0 Å². The Morgan fingerprint density at radius 1 is 1.19 bits per heavy atom. The standard InChI is InChI=1S/C18H15Cl2N3OS2/c1-2-15(25-12-6-4-3-5-7-12)16(24)21-18-23-22-17(26-18)13-9-8-11(19)10-14(13)20/h3-10,15H,2H2,1H3,(H,21,23,24). The molecule has 0 aliphatic rings. The Morgan fingerprint density at radius 2 is 1.96 bits per heavy atom. The van der Waals surface area contributed by atoms with Crippen molar-refractivity contribution in [2.24, 2.45) is 0 Å². The molecule has 2 aromatic carbocycles. The van der Waals surface area contributed by atoms with E-state index in [0.29, 0.717) is 26.6 Å². The lowest BCUT2D eigenvalue weighted by Gasteiger charge is -2.13. The van der Waals surface area contributed by atoms with Gasteiger partial charge >= 0.3 is 0 Å². The number of aromatic nitrogens is 2. The largest absolute Gasteiger partial charge is 0.300 e. The van der Waals surface area contributed by atoms with Crippen LogP contribution in [0.2, 0.25) is 10.0 Å². The van der Waals surface area contributed by atoms with Crippen molar-refractivity contribution < 1.29 is 4.79 Å². The average Bonchev–Trinajstić information content (AvgIpc) is 3.08. The van der Waals surface area contributed by atoms with Crippen LogP contribution >= 0.6 is 46.3 Å². The quantitative estimate of drug-likeness (QED) is 0.492. The van der Waals surface area contributed by atoms with Crippen molar-refractivity contribution in [2.75, 3.05) is 5.32 Å². The SMILES string of the molecule is CCC(Sc1ccccc1)C(=O)Nc1nnc(-c2ccc(Cl)cc2Cl)s1. The maximum atomic E-state index is 12.6. The van der Waals surface area contributed by atoms with E-state index in [-0.39, 0.29) is 11.2 Å². The third-order valence-corrected chi connectivity index (χ3v) is 6.30. The molecule has 0 saturated heterocycles. The minimum absolute atomic E-state index is 0.0914. The van der Waals surface area contributed by atoms with Crippen LogP contribution in [0.1, 0.15) is 13.3 Å². The van der Waals surface area contributed by atoms with Crippen LogP contribution in [-0.2, 0) is 4.79 Å². The van der Waals surface area contributed by atoms with Gasteiger partial charge in [-0.25, -0.2) is 0 Å². The second-order valence-electron chi connectivity index (χ2n) is 5.35. The molecule has 1 heterocycles. The lowest BCUT2D eigenvalue weighted by atomic mass is 10.2. The van der Waals surface area contributed by atoms with E-state index in [9.17, 15) is 4.79 Å². The summed E-state index contributed by atoms with van der Waals surface area (Å²) in [7, 11) is 0. The van der Waals surface area contributed by atoms with E-state index in [2.05, 4.69) is 15.5 Å². The molecule has 4 nitrogen and oxygen atoms in total. The minimum Gasteiger partial charge on any atom is -0.300 e. The van der Waals surface area contributed by atoms with Crippen LogP contribution in [0.15, 0.2) is 53.4 Å². The Labute approximate surface area is 169 Å². The normalized spacial score (nSPS) is 12.0. The Morgan fingerprint density at radius 3 is 2.65 bits per heavy atom. The first-order valence-corrected chi connectivity index (χ1v) is 10.3. The summed E-state index contributed by atoms with van der Waals surface area (Å²) in [5.41, 5.74) is 0.736. The number of nitrogens with zero attached hydrogens (tertiary/aromatic N) is 2. The van der Waals surface area contributed by atoms with E-state index in [0.717, 1.165) is 10.5 Å². The molecule has 0 fully saturated rings. The average molecular weight is 424 g/mol. The molecule has 1 aromatic heterocycles. The van der Waals surface area contributed by atoms with Gasteiger partial charge in [-0.2, -0.15) is 0 Å². The van der Waals surface area contributed by atoms with Gasteiger partial charge in [0.25, 0.3) is 0 Å². The predicted octanol–water partition coefficient (Wildman–Crippen LogP) is 6.02. The van der Waals surface area contributed by atoms with Crippen LogP contribution in [0.3, 0.4) is 0 Å². The molecule has 134 valence electrons. The van der Waals surface area contributed by atoms with Gasteiger partial charge in [-0.05, 0) is 36.8 Å². The van der Waals surface area contributed by atoms with Gasteiger partial charge in [0, 0.05) is 15.5 Å². The number of nitrogens with one attached hydrogen (secondary N) is 1. The zero-order valence-corrected chi connectivity index (χ0v) is 16.9. The summed E-state index contributed by atoms with van der Waals surface area (Å²) < 4.78 is 0. The van der Waals surface area contributed by atoms with Gasteiger partial charge in [-0.1, -0.05) is 59.7 Å². The molecule has 1 unspecified atom stereocenters. The first kappa shape index (κ1) is 19.2. The molecule has 0 spiro atoms. The van der Waals surface area contributed by atoms with E-state index >= 15 is 0 Å². The summed E-state index contributed by atoms with van der Waals surface area (Å²) in [5.74, 6) is -0.0914. The Bertz CT molecular complexity index is 902. The van der Waals surface area contributed by atoms with Crippen LogP contribution in [-0.4, -0.2) is 21.4 Å². The summed E-state index contributed by atoms with van der Waals surface area (Å²) in [6, 6.07) is 15.0. The van der Waals surface area contributed by atoms with Crippen LogP contribution in [0.25, 0.3) is 10.6 Å². The van der Waals surface area contributed by atoms with Crippen molar-refractivity contribution >= 4 is 57.3 Å². The summed E-state index contributed by atoms with van der Waals surface area (Å²) in [6.45, 7) is 1.99. The zero-order valence-electron chi connectivity index (χ0n) is 13.8. The minimum atomic E-state index is -0.205. The number of amides is 1. The molecule has 0 aliphatic heterocycles. The summed E-state index contributed by atoms with van der Waals surface area (Å²) >= 11 is 14.9. The van der Waals surface area contributed by atoms with Crippen molar-refractivity contribution in [1.82, 2.24) is 10.2 Å². The molecule has 3 aromatic rings. The first-order chi connectivity index (χ1) is 12.6. The van der Waals surface area contributed by atoms with Crippen LogP contribution in [0.5, 0.6) is 0 Å². The van der Waals surface area contributed by atoms with Crippen LogP contribution in [0, 0.1) is 0 Å². The fourth-order valence-electron chi connectivity index (χ4n) is 2.22. The molecule has 3 rings (SSSR count). The molecule has 0 radical (unpaired) electrons. The van der Waals surface area contributed by atoms with Gasteiger partial charge in [0.15, 0.2) is 5.01 Å². The predicted molar refractivity (Wildman–Crippen MR) is 110 cm³/mol. The van der Waals surface area contributed by atoms with Crippen LogP contribution < -0.4 is 5.32 Å². The molecule has 1 atom stereocenters. The summed E-state index contributed by atoms with van der Waals surface area (Å²) in [5, 5.41) is 13.0. The van der Waals surface area contributed by atoms with Crippen molar-refractivity contribution in [3.63, 3.8) is 0 Å². The highest BCUT2D eigenvalue weighted by atomic mass is 35.5. The van der Waals surface area contributed by atoms with Gasteiger partial charge in [0.1, 0.15) is 0 Å². The molecule has 1 amide bonds. The van der Waals surface area contributed by atoms with E-state index < -0.39 is 0 Å². The molecule has 0 bridgehead atoms. The highest BCUT2D eigenvalue weighted by Crippen LogP contribution is 2.34. The molecule has 26 heavy (non-hydrogen) atoms. The Balaban J connectivity index is 1.70. The first-order valence-electron chi connectivity index (χ1n) is 7.88. The maximum Gasteiger partial charge on any atom is 0.239 e. The smallest absolute Gasteiger partial charge is 0.239 e. The third kappa shape index (κ3) is 4.76. The number of carbonyl (C=O) groups is 1.